The lowest BCUT2D eigenvalue weighted by molar-refractivity contribution is -0.113. The van der Waals surface area contributed by atoms with E-state index in [-0.39, 0.29) is 17.5 Å². The topological polar surface area (TPSA) is 68.0 Å². The molecule has 0 aliphatic rings. The Balaban J connectivity index is 1.40. The Morgan fingerprint density at radius 1 is 1.10 bits per heavy atom. The van der Waals surface area contributed by atoms with Crippen molar-refractivity contribution >= 4 is 34.7 Å². The van der Waals surface area contributed by atoms with Crippen LogP contribution in [0.15, 0.2) is 75.5 Å². The van der Waals surface area contributed by atoms with E-state index < -0.39 is 0 Å². The number of hydrogen-bond donors (Lipinski definition) is 1. The summed E-state index contributed by atoms with van der Waals surface area (Å²) in [5.74, 6) is 0.832. The lowest BCUT2D eigenvalue weighted by Crippen LogP contribution is -2.15. The van der Waals surface area contributed by atoms with Gasteiger partial charge in [-0.05, 0) is 47.3 Å². The van der Waals surface area contributed by atoms with Crippen LogP contribution in [-0.2, 0) is 11.2 Å². The number of amides is 1. The predicted octanol–water partition coefficient (Wildman–Crippen LogP) is 5.26. The first-order chi connectivity index (χ1) is 14.2. The van der Waals surface area contributed by atoms with Crippen molar-refractivity contribution in [2.24, 2.45) is 0 Å². The van der Waals surface area contributed by atoms with Gasteiger partial charge >= 0.3 is 0 Å². The number of rotatable bonds is 7. The quantitative estimate of drug-likeness (QED) is 0.409. The maximum atomic E-state index is 13.0. The molecule has 2 heterocycles. The van der Waals surface area contributed by atoms with Crippen LogP contribution in [0.3, 0.4) is 0 Å². The van der Waals surface area contributed by atoms with E-state index in [4.69, 9.17) is 4.52 Å². The highest BCUT2D eigenvalue weighted by Gasteiger charge is 2.13. The van der Waals surface area contributed by atoms with Gasteiger partial charge in [-0.2, -0.15) is 4.98 Å². The molecule has 2 aromatic heterocycles. The Morgan fingerprint density at radius 2 is 1.93 bits per heavy atom. The SMILES string of the molecule is O=C(CSc1ccc(F)cc1)Nc1ccccc1Cc1nc(-c2cccs2)no1. The number of thiophene rings is 1. The zero-order valence-corrected chi connectivity index (χ0v) is 16.8. The fraction of sp³-hybridized carbons (Fsp3) is 0.0952. The van der Waals surface area contributed by atoms with Gasteiger partial charge in [0.2, 0.25) is 17.6 Å². The summed E-state index contributed by atoms with van der Waals surface area (Å²) in [6, 6.07) is 17.5. The number of halogens is 1. The molecule has 1 N–H and O–H groups in total. The maximum absolute atomic E-state index is 13.0. The van der Waals surface area contributed by atoms with E-state index >= 15 is 0 Å². The zero-order chi connectivity index (χ0) is 20.1. The molecule has 4 rings (SSSR count). The minimum Gasteiger partial charge on any atom is -0.339 e. The third-order valence-corrected chi connectivity index (χ3v) is 5.90. The number of hydrogen-bond acceptors (Lipinski definition) is 6. The number of anilines is 1. The Kier molecular flexibility index (Phi) is 6.02. The van der Waals surface area contributed by atoms with E-state index in [1.165, 1.54) is 23.9 Å². The molecule has 29 heavy (non-hydrogen) atoms. The van der Waals surface area contributed by atoms with Gasteiger partial charge in [0.15, 0.2) is 0 Å². The average Bonchev–Trinajstić information content (AvgIpc) is 3.41. The van der Waals surface area contributed by atoms with Crippen LogP contribution < -0.4 is 5.32 Å². The third kappa shape index (κ3) is 5.10. The first-order valence-electron chi connectivity index (χ1n) is 8.80. The van der Waals surface area contributed by atoms with Crippen molar-refractivity contribution in [1.82, 2.24) is 10.1 Å². The molecule has 0 saturated carbocycles. The smallest absolute Gasteiger partial charge is 0.234 e. The van der Waals surface area contributed by atoms with E-state index in [9.17, 15) is 9.18 Å². The highest BCUT2D eigenvalue weighted by molar-refractivity contribution is 8.00. The van der Waals surface area contributed by atoms with Crippen LogP contribution in [0.5, 0.6) is 0 Å². The molecule has 4 aromatic rings. The van der Waals surface area contributed by atoms with Gasteiger partial charge in [-0.1, -0.05) is 29.4 Å². The summed E-state index contributed by atoms with van der Waals surface area (Å²) in [5.41, 5.74) is 1.59. The molecule has 0 spiro atoms. The fourth-order valence-electron chi connectivity index (χ4n) is 2.66. The molecule has 0 unspecified atom stereocenters. The van der Waals surface area contributed by atoms with E-state index in [2.05, 4.69) is 15.5 Å². The Bertz CT molecular complexity index is 1100. The van der Waals surface area contributed by atoms with Gasteiger partial charge in [-0.3, -0.25) is 4.79 Å². The van der Waals surface area contributed by atoms with E-state index in [1.807, 2.05) is 41.8 Å². The standard InChI is InChI=1S/C21H16FN3O2S2/c22-15-7-9-16(10-8-15)29-13-19(26)23-17-5-2-1-4-14(17)12-20-24-21(25-27-20)18-6-3-11-28-18/h1-11H,12-13H2,(H,23,26). The molecule has 2 aromatic carbocycles. The predicted molar refractivity (Wildman–Crippen MR) is 113 cm³/mol. The molecule has 0 bridgehead atoms. The summed E-state index contributed by atoms with van der Waals surface area (Å²) in [6.45, 7) is 0. The molecule has 0 saturated heterocycles. The molecule has 5 nitrogen and oxygen atoms in total. The highest BCUT2D eigenvalue weighted by Crippen LogP contribution is 2.24. The van der Waals surface area contributed by atoms with Crippen LogP contribution in [0, 0.1) is 5.82 Å². The van der Waals surface area contributed by atoms with E-state index in [1.54, 1.807) is 23.5 Å². The summed E-state index contributed by atoms with van der Waals surface area (Å²) in [6.07, 6.45) is 0.417. The Morgan fingerprint density at radius 3 is 2.72 bits per heavy atom. The first kappa shape index (κ1) is 19.4. The van der Waals surface area contributed by atoms with Crippen molar-refractivity contribution in [1.29, 1.82) is 0 Å². The highest BCUT2D eigenvalue weighted by atomic mass is 32.2. The van der Waals surface area contributed by atoms with Gasteiger partial charge in [-0.25, -0.2) is 4.39 Å². The number of benzene rings is 2. The average molecular weight is 426 g/mol. The normalized spacial score (nSPS) is 10.8. The first-order valence-corrected chi connectivity index (χ1v) is 10.7. The Hall–Kier alpha value is -2.97. The van der Waals surface area contributed by atoms with Crippen molar-refractivity contribution in [2.75, 3.05) is 11.1 Å². The number of carbonyl (C=O) groups excluding carboxylic acids is 1. The number of nitrogens with zero attached hydrogens (tertiary/aromatic N) is 2. The van der Waals surface area contributed by atoms with Crippen LogP contribution in [0.25, 0.3) is 10.7 Å². The van der Waals surface area contributed by atoms with Gasteiger partial charge in [0.1, 0.15) is 5.82 Å². The number of carbonyl (C=O) groups is 1. The molecule has 146 valence electrons. The largest absolute Gasteiger partial charge is 0.339 e. The number of thioether (sulfide) groups is 1. The van der Waals surface area contributed by atoms with Gasteiger partial charge in [0.25, 0.3) is 0 Å². The molecule has 0 radical (unpaired) electrons. The van der Waals surface area contributed by atoms with E-state index in [0.717, 1.165) is 15.3 Å². The molecule has 8 heteroatoms. The second-order valence-corrected chi connectivity index (χ2v) is 8.11. The fourth-order valence-corrected chi connectivity index (χ4v) is 4.01. The van der Waals surface area contributed by atoms with Crippen LogP contribution in [0.4, 0.5) is 10.1 Å². The number of aromatic nitrogens is 2. The van der Waals surface area contributed by atoms with Gasteiger partial charge in [-0.15, -0.1) is 23.1 Å². The molecule has 0 aliphatic carbocycles. The second kappa shape index (κ2) is 9.02. The zero-order valence-electron chi connectivity index (χ0n) is 15.2. The minimum absolute atomic E-state index is 0.142. The molecule has 0 aliphatic heterocycles. The van der Waals surface area contributed by atoms with E-state index in [0.29, 0.717) is 23.8 Å². The lowest BCUT2D eigenvalue weighted by atomic mass is 10.1. The number of nitrogens with one attached hydrogen (secondary N) is 1. The van der Waals surface area contributed by atoms with Crippen LogP contribution in [-0.4, -0.2) is 21.8 Å². The summed E-state index contributed by atoms with van der Waals surface area (Å²) in [5, 5.41) is 8.91. The van der Waals surface area contributed by atoms with Crippen molar-refractivity contribution in [3.63, 3.8) is 0 Å². The van der Waals surface area contributed by atoms with Crippen LogP contribution in [0.2, 0.25) is 0 Å². The molecular weight excluding hydrogens is 409 g/mol. The van der Waals surface area contributed by atoms with Crippen molar-refractivity contribution in [3.05, 3.63) is 83.3 Å². The maximum Gasteiger partial charge on any atom is 0.234 e. The van der Waals surface area contributed by atoms with Gasteiger partial charge in [0.05, 0.1) is 17.1 Å². The summed E-state index contributed by atoms with van der Waals surface area (Å²) >= 11 is 2.90. The molecule has 1 amide bonds. The summed E-state index contributed by atoms with van der Waals surface area (Å²) < 4.78 is 18.3. The molecular formula is C21H16FN3O2S2. The minimum atomic E-state index is -0.295. The van der Waals surface area contributed by atoms with Crippen LogP contribution >= 0.6 is 23.1 Å². The third-order valence-electron chi connectivity index (χ3n) is 4.03. The second-order valence-electron chi connectivity index (χ2n) is 6.11. The van der Waals surface area contributed by atoms with Crippen molar-refractivity contribution < 1.29 is 13.7 Å². The molecule has 0 fully saturated rings. The number of para-hydroxylation sites is 1. The monoisotopic (exact) mass is 425 g/mol. The summed E-state index contributed by atoms with van der Waals surface area (Å²) in [4.78, 5) is 18.6. The lowest BCUT2D eigenvalue weighted by Gasteiger charge is -2.09. The molecule has 0 atom stereocenters. The van der Waals surface area contributed by atoms with Crippen molar-refractivity contribution in [3.8, 4) is 10.7 Å². The Labute approximate surface area is 175 Å². The van der Waals surface area contributed by atoms with Crippen molar-refractivity contribution in [2.45, 2.75) is 11.3 Å². The van der Waals surface area contributed by atoms with Crippen LogP contribution in [0.1, 0.15) is 11.5 Å². The van der Waals surface area contributed by atoms with Gasteiger partial charge < -0.3 is 9.84 Å². The summed E-state index contributed by atoms with van der Waals surface area (Å²) in [7, 11) is 0. The van der Waals surface area contributed by atoms with Gasteiger partial charge in [0, 0.05) is 10.6 Å².